The zero-order chi connectivity index (χ0) is 28.3. The molecule has 0 unspecified atom stereocenters. The summed E-state index contributed by atoms with van der Waals surface area (Å²) >= 11 is 2.33. The number of rotatable bonds is 8. The molecule has 10 nitrogen and oxygen atoms in total. The summed E-state index contributed by atoms with van der Waals surface area (Å²) in [5.74, 6) is 0.646. The number of carbonyl (C=O) groups is 1. The highest BCUT2D eigenvalue weighted by atomic mass is 127. The summed E-state index contributed by atoms with van der Waals surface area (Å²) < 4.78 is 1.13. The van der Waals surface area contributed by atoms with E-state index in [0.717, 1.165) is 60.8 Å². The Hall–Kier alpha value is -4.39. The quantitative estimate of drug-likeness (QED) is 0.153. The SMILES string of the molecule is CCCN(CCC)C(=O)Nc1cncc(-c2cnc3n[nH]c(-c4nc5c(-c6ccccc6I)cncc5[nH]4)c3c2)c1. The number of hydrogen-bond donors (Lipinski definition) is 3. The van der Waals surface area contributed by atoms with E-state index in [0.29, 0.717) is 30.2 Å². The number of fused-ring (bicyclic) bond motifs is 2. The number of amides is 2. The van der Waals surface area contributed by atoms with Crippen LogP contribution in [0.5, 0.6) is 0 Å². The minimum Gasteiger partial charge on any atom is -0.335 e. The van der Waals surface area contributed by atoms with Crippen LogP contribution >= 0.6 is 22.6 Å². The van der Waals surface area contributed by atoms with Gasteiger partial charge in [0.05, 0.1) is 29.0 Å². The van der Waals surface area contributed by atoms with Crippen LogP contribution in [0.3, 0.4) is 0 Å². The van der Waals surface area contributed by atoms with Crippen LogP contribution in [0.25, 0.3) is 55.8 Å². The Morgan fingerprint density at radius 2 is 1.73 bits per heavy atom. The number of nitrogens with zero attached hydrogens (tertiary/aromatic N) is 6. The molecule has 0 spiro atoms. The van der Waals surface area contributed by atoms with E-state index in [1.54, 1.807) is 24.8 Å². The van der Waals surface area contributed by atoms with Gasteiger partial charge >= 0.3 is 6.03 Å². The lowest BCUT2D eigenvalue weighted by molar-refractivity contribution is 0.211. The molecular weight excluding hydrogens is 629 g/mol. The molecule has 5 aromatic heterocycles. The molecule has 0 saturated carbocycles. The number of H-pyrrole nitrogens is 2. The number of urea groups is 1. The van der Waals surface area contributed by atoms with Gasteiger partial charge < -0.3 is 15.2 Å². The number of pyridine rings is 3. The zero-order valence-corrected chi connectivity index (χ0v) is 24.8. The molecule has 5 heterocycles. The monoisotopic (exact) mass is 657 g/mol. The largest absolute Gasteiger partial charge is 0.335 e. The molecule has 0 saturated heterocycles. The van der Waals surface area contributed by atoms with Gasteiger partial charge in [-0.1, -0.05) is 32.0 Å². The van der Waals surface area contributed by atoms with Crippen molar-refractivity contribution in [3.63, 3.8) is 0 Å². The first kappa shape index (κ1) is 26.8. The fourth-order valence-corrected chi connectivity index (χ4v) is 5.57. The third-order valence-corrected chi connectivity index (χ3v) is 7.74. The minimum atomic E-state index is -0.123. The van der Waals surface area contributed by atoms with Crippen molar-refractivity contribution in [1.29, 1.82) is 0 Å². The summed E-state index contributed by atoms with van der Waals surface area (Å²) in [6.07, 6.45) is 10.6. The third kappa shape index (κ3) is 5.36. The topological polar surface area (TPSA) is 128 Å². The summed E-state index contributed by atoms with van der Waals surface area (Å²) in [7, 11) is 0. The molecule has 0 aliphatic rings. The second kappa shape index (κ2) is 11.6. The second-order valence-corrected chi connectivity index (χ2v) is 10.9. The van der Waals surface area contributed by atoms with Crippen molar-refractivity contribution in [2.45, 2.75) is 26.7 Å². The summed E-state index contributed by atoms with van der Waals surface area (Å²) in [4.78, 5) is 36.4. The number of nitrogens with one attached hydrogen (secondary N) is 3. The maximum atomic E-state index is 12.8. The molecule has 6 aromatic rings. The first-order valence-electron chi connectivity index (χ1n) is 13.5. The van der Waals surface area contributed by atoms with Gasteiger partial charge in [-0.05, 0) is 59.2 Å². The highest BCUT2D eigenvalue weighted by Crippen LogP contribution is 2.33. The molecule has 0 fully saturated rings. The molecule has 0 aliphatic heterocycles. The van der Waals surface area contributed by atoms with Crippen molar-refractivity contribution < 1.29 is 4.79 Å². The van der Waals surface area contributed by atoms with Gasteiger partial charge in [0.1, 0.15) is 11.2 Å². The van der Waals surface area contributed by atoms with Crippen LogP contribution in [-0.4, -0.2) is 59.1 Å². The first-order valence-corrected chi connectivity index (χ1v) is 14.6. The normalized spacial score (nSPS) is 11.3. The standard InChI is InChI=1S/C30H28IN9O/c1-3-9-40(10-4-2)30(41)35-20-11-18(13-32-15-20)19-12-22-27(38-39-28(22)34-14-19)29-36-25-17-33-16-23(26(25)37-29)21-7-5-6-8-24(21)31/h5-8,11-17H,3-4,9-10H2,1-2H3,(H,35,41)(H,36,37)(H,34,38,39). The lowest BCUT2D eigenvalue weighted by atomic mass is 10.1. The van der Waals surface area contributed by atoms with Crippen LogP contribution in [-0.2, 0) is 0 Å². The Bertz CT molecular complexity index is 1860. The van der Waals surface area contributed by atoms with Crippen molar-refractivity contribution in [2.75, 3.05) is 18.4 Å². The van der Waals surface area contributed by atoms with Crippen molar-refractivity contribution in [3.05, 3.63) is 71.0 Å². The summed E-state index contributed by atoms with van der Waals surface area (Å²) in [6.45, 7) is 5.55. The van der Waals surface area contributed by atoms with E-state index >= 15 is 0 Å². The maximum Gasteiger partial charge on any atom is 0.321 e. The molecular formula is C30H28IN9O. The van der Waals surface area contributed by atoms with Crippen LogP contribution in [0, 0.1) is 3.57 Å². The summed E-state index contributed by atoms with van der Waals surface area (Å²) in [5.41, 5.74) is 7.31. The van der Waals surface area contributed by atoms with E-state index < -0.39 is 0 Å². The Morgan fingerprint density at radius 3 is 2.54 bits per heavy atom. The number of carbonyl (C=O) groups excluding carboxylic acids is 1. The Kier molecular flexibility index (Phi) is 7.59. The van der Waals surface area contributed by atoms with Crippen molar-refractivity contribution in [2.24, 2.45) is 0 Å². The summed E-state index contributed by atoms with van der Waals surface area (Å²) in [5, 5.41) is 11.3. The highest BCUT2D eigenvalue weighted by molar-refractivity contribution is 14.1. The van der Waals surface area contributed by atoms with Gasteiger partial charge in [0.2, 0.25) is 0 Å². The average molecular weight is 658 g/mol. The predicted octanol–water partition coefficient (Wildman–Crippen LogP) is 6.88. The number of aromatic nitrogens is 7. The number of aromatic amines is 2. The van der Waals surface area contributed by atoms with Gasteiger partial charge in [0, 0.05) is 51.9 Å². The fraction of sp³-hybridized carbons (Fsp3) is 0.200. The lowest BCUT2D eigenvalue weighted by Gasteiger charge is -2.21. The minimum absolute atomic E-state index is 0.123. The maximum absolute atomic E-state index is 12.8. The highest BCUT2D eigenvalue weighted by Gasteiger charge is 2.18. The van der Waals surface area contributed by atoms with Crippen LogP contribution in [0.4, 0.5) is 10.5 Å². The molecule has 11 heteroatoms. The average Bonchev–Trinajstić information content (AvgIpc) is 3.61. The van der Waals surface area contributed by atoms with E-state index in [9.17, 15) is 4.79 Å². The van der Waals surface area contributed by atoms with E-state index in [2.05, 4.69) is 84.0 Å². The van der Waals surface area contributed by atoms with E-state index in [1.807, 2.05) is 35.4 Å². The predicted molar refractivity (Wildman–Crippen MR) is 169 cm³/mol. The molecule has 206 valence electrons. The zero-order valence-electron chi connectivity index (χ0n) is 22.6. The van der Waals surface area contributed by atoms with Crippen LogP contribution < -0.4 is 5.32 Å². The van der Waals surface area contributed by atoms with Crippen molar-refractivity contribution in [1.82, 2.24) is 40.0 Å². The molecule has 2 amide bonds. The third-order valence-electron chi connectivity index (χ3n) is 6.80. The smallest absolute Gasteiger partial charge is 0.321 e. The Labute approximate surface area is 250 Å². The first-order chi connectivity index (χ1) is 20.1. The molecule has 0 aliphatic carbocycles. The van der Waals surface area contributed by atoms with Crippen LogP contribution in [0.15, 0.2) is 67.4 Å². The van der Waals surface area contributed by atoms with E-state index in [1.165, 1.54) is 0 Å². The second-order valence-electron chi connectivity index (χ2n) is 9.72. The molecule has 0 atom stereocenters. The van der Waals surface area contributed by atoms with E-state index in [4.69, 9.17) is 4.98 Å². The molecule has 6 rings (SSSR count). The van der Waals surface area contributed by atoms with Gasteiger partial charge in [-0.3, -0.25) is 15.1 Å². The molecule has 3 N–H and O–H groups in total. The van der Waals surface area contributed by atoms with E-state index in [-0.39, 0.29) is 6.03 Å². The number of halogens is 1. The number of imidazole rings is 1. The van der Waals surface area contributed by atoms with Crippen molar-refractivity contribution in [3.8, 4) is 33.8 Å². The Morgan fingerprint density at radius 1 is 0.951 bits per heavy atom. The van der Waals surface area contributed by atoms with Gasteiger partial charge in [0.25, 0.3) is 0 Å². The van der Waals surface area contributed by atoms with Gasteiger partial charge in [-0.2, -0.15) is 5.10 Å². The number of benzene rings is 1. The van der Waals surface area contributed by atoms with Crippen LogP contribution in [0.1, 0.15) is 26.7 Å². The molecule has 0 radical (unpaired) electrons. The van der Waals surface area contributed by atoms with Crippen molar-refractivity contribution >= 4 is 56.4 Å². The van der Waals surface area contributed by atoms with Crippen LogP contribution in [0.2, 0.25) is 0 Å². The molecule has 1 aromatic carbocycles. The van der Waals surface area contributed by atoms with Gasteiger partial charge in [-0.25, -0.2) is 14.8 Å². The fourth-order valence-electron chi connectivity index (χ4n) is 4.89. The number of anilines is 1. The van der Waals surface area contributed by atoms with Gasteiger partial charge in [-0.15, -0.1) is 0 Å². The molecule has 0 bridgehead atoms. The Balaban J connectivity index is 1.34. The lowest BCUT2D eigenvalue weighted by Crippen LogP contribution is -2.36. The van der Waals surface area contributed by atoms with Gasteiger partial charge in [0.15, 0.2) is 11.5 Å². The number of hydrogen-bond acceptors (Lipinski definition) is 6. The molecule has 41 heavy (non-hydrogen) atoms. The summed E-state index contributed by atoms with van der Waals surface area (Å²) in [6, 6.07) is 12.0.